The van der Waals surface area contributed by atoms with Crippen molar-refractivity contribution in [1.29, 1.82) is 0 Å². The van der Waals surface area contributed by atoms with Crippen LogP contribution in [0.3, 0.4) is 0 Å². The SMILES string of the molecule is O=C(c1ccc(Br)s1)N1CCC(N2C(=O)OCC2Cc2ccccc2)CC1. The highest BCUT2D eigenvalue weighted by Crippen LogP contribution is 2.28. The van der Waals surface area contributed by atoms with Crippen LogP contribution >= 0.6 is 27.3 Å². The van der Waals surface area contributed by atoms with E-state index in [0.717, 1.165) is 27.9 Å². The zero-order valence-electron chi connectivity index (χ0n) is 14.8. The van der Waals surface area contributed by atoms with Gasteiger partial charge in [0.2, 0.25) is 0 Å². The molecule has 2 aliphatic heterocycles. The topological polar surface area (TPSA) is 49.9 Å². The van der Waals surface area contributed by atoms with Gasteiger partial charge in [0, 0.05) is 19.1 Å². The number of piperidine rings is 1. The molecule has 1 aromatic carbocycles. The van der Waals surface area contributed by atoms with Crippen LogP contribution in [0.5, 0.6) is 0 Å². The first-order chi connectivity index (χ1) is 13.1. The quantitative estimate of drug-likeness (QED) is 0.704. The largest absolute Gasteiger partial charge is 0.447 e. The van der Waals surface area contributed by atoms with Crippen LogP contribution < -0.4 is 0 Å². The first-order valence-corrected chi connectivity index (χ1v) is 10.8. The summed E-state index contributed by atoms with van der Waals surface area (Å²) < 4.78 is 6.32. The van der Waals surface area contributed by atoms with Gasteiger partial charge in [-0.3, -0.25) is 9.69 Å². The molecule has 1 aromatic heterocycles. The standard InChI is InChI=1S/C20H21BrN2O3S/c21-18-7-6-17(27-18)19(24)22-10-8-15(9-11-22)23-16(13-26-20(23)25)12-14-4-2-1-3-5-14/h1-7,15-16H,8-13H2. The number of rotatable bonds is 4. The molecule has 0 radical (unpaired) electrons. The van der Waals surface area contributed by atoms with E-state index in [1.807, 2.05) is 40.1 Å². The second-order valence-electron chi connectivity index (χ2n) is 6.95. The number of carbonyl (C=O) groups is 2. The minimum atomic E-state index is -0.220. The van der Waals surface area contributed by atoms with E-state index in [9.17, 15) is 9.59 Å². The number of hydrogen-bond donors (Lipinski definition) is 0. The van der Waals surface area contributed by atoms with Crippen LogP contribution in [0.1, 0.15) is 28.1 Å². The van der Waals surface area contributed by atoms with Gasteiger partial charge in [0.15, 0.2) is 0 Å². The van der Waals surface area contributed by atoms with Crippen molar-refractivity contribution < 1.29 is 14.3 Å². The Bertz CT molecular complexity index is 818. The van der Waals surface area contributed by atoms with Gasteiger partial charge in [-0.1, -0.05) is 30.3 Å². The van der Waals surface area contributed by atoms with Gasteiger partial charge in [-0.05, 0) is 52.9 Å². The molecule has 27 heavy (non-hydrogen) atoms. The van der Waals surface area contributed by atoms with Crippen molar-refractivity contribution in [2.75, 3.05) is 19.7 Å². The number of hydrogen-bond acceptors (Lipinski definition) is 4. The van der Waals surface area contributed by atoms with Crippen molar-refractivity contribution >= 4 is 39.3 Å². The van der Waals surface area contributed by atoms with E-state index >= 15 is 0 Å². The molecule has 5 nitrogen and oxygen atoms in total. The van der Waals surface area contributed by atoms with Crippen molar-refractivity contribution in [3.8, 4) is 0 Å². The molecule has 0 spiro atoms. The molecule has 1 unspecified atom stereocenters. The van der Waals surface area contributed by atoms with Gasteiger partial charge in [0.05, 0.1) is 14.7 Å². The molecular formula is C20H21BrN2O3S. The molecule has 7 heteroatoms. The molecule has 0 saturated carbocycles. The van der Waals surface area contributed by atoms with Gasteiger partial charge in [0.25, 0.3) is 5.91 Å². The van der Waals surface area contributed by atoms with Crippen molar-refractivity contribution in [3.63, 3.8) is 0 Å². The zero-order valence-corrected chi connectivity index (χ0v) is 17.2. The lowest BCUT2D eigenvalue weighted by molar-refractivity contribution is 0.0641. The average Bonchev–Trinajstić information content (AvgIpc) is 3.28. The van der Waals surface area contributed by atoms with Gasteiger partial charge in [-0.25, -0.2) is 4.79 Å². The molecule has 142 valence electrons. The fraction of sp³-hybridized carbons (Fsp3) is 0.400. The summed E-state index contributed by atoms with van der Waals surface area (Å²) in [5.74, 6) is 0.0778. The number of ether oxygens (including phenoxy) is 1. The Hall–Kier alpha value is -1.86. The third kappa shape index (κ3) is 4.04. The molecule has 2 fully saturated rings. The Morgan fingerprint density at radius 2 is 1.89 bits per heavy atom. The van der Waals surface area contributed by atoms with Gasteiger partial charge in [-0.15, -0.1) is 11.3 Å². The van der Waals surface area contributed by atoms with Crippen LogP contribution in [0.2, 0.25) is 0 Å². The molecule has 2 saturated heterocycles. The first kappa shape index (κ1) is 18.5. The summed E-state index contributed by atoms with van der Waals surface area (Å²) in [4.78, 5) is 29.5. The van der Waals surface area contributed by atoms with Crippen molar-refractivity contribution in [1.82, 2.24) is 9.80 Å². The van der Waals surface area contributed by atoms with Gasteiger partial charge < -0.3 is 9.64 Å². The summed E-state index contributed by atoms with van der Waals surface area (Å²) in [5.41, 5.74) is 1.21. The fourth-order valence-electron chi connectivity index (χ4n) is 3.89. The van der Waals surface area contributed by atoms with Gasteiger partial charge >= 0.3 is 6.09 Å². The third-order valence-electron chi connectivity index (χ3n) is 5.25. The van der Waals surface area contributed by atoms with E-state index in [-0.39, 0.29) is 24.1 Å². The number of nitrogens with zero attached hydrogens (tertiary/aromatic N) is 2. The first-order valence-electron chi connectivity index (χ1n) is 9.15. The van der Waals surface area contributed by atoms with Crippen LogP contribution in [-0.4, -0.2) is 53.6 Å². The van der Waals surface area contributed by atoms with Gasteiger partial charge in [0.1, 0.15) is 6.61 Å². The van der Waals surface area contributed by atoms with Gasteiger partial charge in [-0.2, -0.15) is 0 Å². The maximum atomic E-state index is 12.6. The summed E-state index contributed by atoms with van der Waals surface area (Å²) in [6.07, 6.45) is 2.16. The Morgan fingerprint density at radius 1 is 1.15 bits per heavy atom. The number of benzene rings is 1. The van der Waals surface area contributed by atoms with E-state index < -0.39 is 0 Å². The summed E-state index contributed by atoms with van der Waals surface area (Å²) in [6.45, 7) is 1.78. The second kappa shape index (κ2) is 8.02. The average molecular weight is 449 g/mol. The molecule has 2 aliphatic rings. The van der Waals surface area contributed by atoms with E-state index in [1.54, 1.807) is 0 Å². The smallest absolute Gasteiger partial charge is 0.410 e. The molecule has 2 aromatic rings. The lowest BCUT2D eigenvalue weighted by atomic mass is 9.99. The molecule has 0 bridgehead atoms. The number of likely N-dealkylation sites (tertiary alicyclic amines) is 1. The predicted molar refractivity (Wildman–Crippen MR) is 108 cm³/mol. The second-order valence-corrected chi connectivity index (χ2v) is 9.42. The van der Waals surface area contributed by atoms with E-state index in [1.165, 1.54) is 16.9 Å². The molecule has 1 atom stereocenters. The van der Waals surface area contributed by atoms with Crippen molar-refractivity contribution in [3.05, 3.63) is 56.7 Å². The zero-order chi connectivity index (χ0) is 18.8. The van der Waals surface area contributed by atoms with E-state index in [4.69, 9.17) is 4.74 Å². The normalized spacial score (nSPS) is 20.8. The molecule has 4 rings (SSSR count). The lowest BCUT2D eigenvalue weighted by Crippen LogP contribution is -2.50. The highest BCUT2D eigenvalue weighted by molar-refractivity contribution is 9.11. The Morgan fingerprint density at radius 3 is 2.56 bits per heavy atom. The van der Waals surface area contributed by atoms with E-state index in [0.29, 0.717) is 19.7 Å². The maximum Gasteiger partial charge on any atom is 0.410 e. The molecule has 0 N–H and O–H groups in total. The predicted octanol–water partition coefficient (Wildman–Crippen LogP) is 4.18. The maximum absolute atomic E-state index is 12.6. The summed E-state index contributed by atoms with van der Waals surface area (Å²) in [5, 5.41) is 0. The Labute approximate surface area is 171 Å². The number of carbonyl (C=O) groups excluding carboxylic acids is 2. The van der Waals surface area contributed by atoms with E-state index in [2.05, 4.69) is 28.1 Å². The summed E-state index contributed by atoms with van der Waals surface area (Å²) in [6, 6.07) is 14.2. The highest BCUT2D eigenvalue weighted by Gasteiger charge is 2.39. The van der Waals surface area contributed by atoms with Crippen LogP contribution in [-0.2, 0) is 11.2 Å². The Kier molecular flexibility index (Phi) is 5.50. The third-order valence-corrected chi connectivity index (χ3v) is 6.86. The van der Waals surface area contributed by atoms with Crippen molar-refractivity contribution in [2.24, 2.45) is 0 Å². The molecule has 3 heterocycles. The number of halogens is 1. The fourth-order valence-corrected chi connectivity index (χ4v) is 5.25. The Balaban J connectivity index is 1.39. The molecule has 0 aliphatic carbocycles. The minimum absolute atomic E-state index is 0.0698. The monoisotopic (exact) mass is 448 g/mol. The van der Waals surface area contributed by atoms with Crippen LogP contribution in [0.25, 0.3) is 0 Å². The summed E-state index contributed by atoms with van der Waals surface area (Å²) in [7, 11) is 0. The summed E-state index contributed by atoms with van der Waals surface area (Å²) >= 11 is 4.87. The number of thiophene rings is 1. The minimum Gasteiger partial charge on any atom is -0.447 e. The number of amides is 2. The highest BCUT2D eigenvalue weighted by atomic mass is 79.9. The molecule has 2 amide bonds. The lowest BCUT2D eigenvalue weighted by Gasteiger charge is -2.37. The van der Waals surface area contributed by atoms with Crippen LogP contribution in [0.4, 0.5) is 4.79 Å². The molecular weight excluding hydrogens is 428 g/mol. The number of cyclic esters (lactones) is 1. The van der Waals surface area contributed by atoms with Crippen LogP contribution in [0.15, 0.2) is 46.3 Å². The van der Waals surface area contributed by atoms with Crippen molar-refractivity contribution in [2.45, 2.75) is 31.3 Å². The van der Waals surface area contributed by atoms with Crippen LogP contribution in [0, 0.1) is 0 Å².